The van der Waals surface area contributed by atoms with E-state index >= 15 is 0 Å². The molecule has 1 aliphatic heterocycles. The quantitative estimate of drug-likeness (QED) is 0.293. The molecule has 0 unspecified atom stereocenters. The van der Waals surface area contributed by atoms with Gasteiger partial charge in [0.15, 0.2) is 6.29 Å². The van der Waals surface area contributed by atoms with Crippen molar-refractivity contribution >= 4 is 5.91 Å². The van der Waals surface area contributed by atoms with Crippen LogP contribution >= 0.6 is 0 Å². The second kappa shape index (κ2) is 5.53. The lowest BCUT2D eigenvalue weighted by molar-refractivity contribution is -0.254. The highest BCUT2D eigenvalue weighted by atomic mass is 16.6. The summed E-state index contributed by atoms with van der Waals surface area (Å²) in [7, 11) is 0. The van der Waals surface area contributed by atoms with E-state index in [1.165, 1.54) is 0 Å². The zero-order chi connectivity index (χ0) is 12.3. The van der Waals surface area contributed by atoms with Crippen LogP contribution in [0.25, 0.3) is 0 Å². The first-order valence-electron chi connectivity index (χ1n) is 4.72. The number of aliphatic hydroxyl groups excluding tert-OH is 5. The molecule has 16 heavy (non-hydrogen) atoms. The number of aliphatic hydroxyl groups is 5. The number of carbonyl (C=O) groups excluding carboxylic acids is 1. The van der Waals surface area contributed by atoms with Crippen LogP contribution in [0.4, 0.5) is 0 Å². The minimum atomic E-state index is -1.56. The lowest BCUT2D eigenvalue weighted by Gasteiger charge is -2.40. The first-order valence-corrected chi connectivity index (χ1v) is 4.72. The minimum absolute atomic E-state index is 0.573. The zero-order valence-electron chi connectivity index (χ0n) is 8.35. The average molecular weight is 237 g/mol. The molecule has 1 heterocycles. The Balaban J connectivity index is 2.67. The number of carbonyl (C=O) groups is 1. The first kappa shape index (κ1) is 13.3. The summed E-state index contributed by atoms with van der Waals surface area (Å²) in [4.78, 5) is 10.9. The highest BCUT2D eigenvalue weighted by Gasteiger charge is 2.44. The SMILES string of the molecule is O=C(CO)N[C@@H]1[C@@H](O)[C@H](O)[C@@H](CO)O[C@H]1O. The fraction of sp³-hybridized carbons (Fsp3) is 0.875. The van der Waals surface area contributed by atoms with Gasteiger partial charge in [-0.05, 0) is 0 Å². The molecule has 8 nitrogen and oxygen atoms in total. The summed E-state index contributed by atoms with van der Waals surface area (Å²) in [5.74, 6) is -0.818. The van der Waals surface area contributed by atoms with E-state index in [4.69, 9.17) is 14.9 Å². The fourth-order valence-corrected chi connectivity index (χ4v) is 1.48. The van der Waals surface area contributed by atoms with Crippen molar-refractivity contribution in [2.24, 2.45) is 0 Å². The first-order chi connectivity index (χ1) is 7.51. The molecule has 0 aliphatic carbocycles. The van der Waals surface area contributed by atoms with Gasteiger partial charge in [0, 0.05) is 0 Å². The Hall–Kier alpha value is -0.770. The summed E-state index contributed by atoms with van der Waals surface area (Å²) in [6.45, 7) is -1.38. The third-order valence-corrected chi connectivity index (χ3v) is 2.37. The maximum Gasteiger partial charge on any atom is 0.246 e. The van der Waals surface area contributed by atoms with Crippen molar-refractivity contribution in [1.29, 1.82) is 0 Å². The van der Waals surface area contributed by atoms with Crippen molar-refractivity contribution in [3.8, 4) is 0 Å². The van der Waals surface area contributed by atoms with Gasteiger partial charge in [0.25, 0.3) is 0 Å². The van der Waals surface area contributed by atoms with Crippen LogP contribution in [0, 0.1) is 0 Å². The van der Waals surface area contributed by atoms with Gasteiger partial charge >= 0.3 is 0 Å². The van der Waals surface area contributed by atoms with Crippen molar-refractivity contribution in [1.82, 2.24) is 5.32 Å². The molecule has 1 aliphatic rings. The molecule has 1 rings (SSSR count). The number of nitrogens with one attached hydrogen (secondary N) is 1. The van der Waals surface area contributed by atoms with E-state index in [1.807, 2.05) is 0 Å². The van der Waals surface area contributed by atoms with E-state index in [0.717, 1.165) is 0 Å². The van der Waals surface area contributed by atoms with Crippen molar-refractivity contribution < 1.29 is 35.1 Å². The lowest BCUT2D eigenvalue weighted by Crippen LogP contribution is -2.64. The lowest BCUT2D eigenvalue weighted by atomic mass is 9.97. The van der Waals surface area contributed by atoms with Crippen LogP contribution in [0.15, 0.2) is 0 Å². The van der Waals surface area contributed by atoms with Gasteiger partial charge in [0.2, 0.25) is 5.91 Å². The molecule has 0 saturated carbocycles. The second-order valence-electron chi connectivity index (χ2n) is 3.48. The van der Waals surface area contributed by atoms with Crippen LogP contribution in [0.2, 0.25) is 0 Å². The molecule has 0 radical (unpaired) electrons. The fourth-order valence-electron chi connectivity index (χ4n) is 1.48. The van der Waals surface area contributed by atoms with Gasteiger partial charge in [-0.2, -0.15) is 0 Å². The predicted molar refractivity (Wildman–Crippen MR) is 49.0 cm³/mol. The maximum atomic E-state index is 10.9. The van der Waals surface area contributed by atoms with Crippen molar-refractivity contribution in [2.45, 2.75) is 30.6 Å². The normalized spacial score (nSPS) is 39.4. The third kappa shape index (κ3) is 2.67. The molecule has 8 heteroatoms. The molecular weight excluding hydrogens is 222 g/mol. The van der Waals surface area contributed by atoms with Crippen LogP contribution in [-0.4, -0.2) is 75.3 Å². The van der Waals surface area contributed by atoms with E-state index in [1.54, 1.807) is 0 Å². The molecule has 94 valence electrons. The Morgan fingerprint density at radius 1 is 1.19 bits per heavy atom. The highest BCUT2D eigenvalue weighted by Crippen LogP contribution is 2.19. The van der Waals surface area contributed by atoms with Gasteiger partial charge in [-0.25, -0.2) is 0 Å². The molecule has 6 N–H and O–H groups in total. The Bertz CT molecular complexity index is 249. The smallest absolute Gasteiger partial charge is 0.246 e. The van der Waals surface area contributed by atoms with Crippen LogP contribution < -0.4 is 5.32 Å². The number of rotatable bonds is 3. The topological polar surface area (TPSA) is 139 Å². The number of hydrogen-bond donors (Lipinski definition) is 6. The summed E-state index contributed by atoms with van der Waals surface area (Å²) in [5.41, 5.74) is 0. The number of amides is 1. The molecule has 0 aromatic heterocycles. The van der Waals surface area contributed by atoms with Gasteiger partial charge in [0.1, 0.15) is 31.0 Å². The van der Waals surface area contributed by atoms with E-state index < -0.39 is 49.8 Å². The van der Waals surface area contributed by atoms with Crippen LogP contribution in [0.1, 0.15) is 0 Å². The van der Waals surface area contributed by atoms with Crippen LogP contribution in [-0.2, 0) is 9.53 Å². The van der Waals surface area contributed by atoms with Gasteiger partial charge in [0.05, 0.1) is 6.61 Å². The predicted octanol–water partition coefficient (Wildman–Crippen LogP) is -4.11. The Labute approximate surface area is 91.1 Å². The highest BCUT2D eigenvalue weighted by molar-refractivity contribution is 5.77. The van der Waals surface area contributed by atoms with Gasteiger partial charge in [-0.1, -0.05) is 0 Å². The Morgan fingerprint density at radius 3 is 2.31 bits per heavy atom. The average Bonchev–Trinajstić information content (AvgIpc) is 2.28. The molecule has 0 aromatic rings. The third-order valence-electron chi connectivity index (χ3n) is 2.37. The number of ether oxygens (including phenoxy) is 1. The summed E-state index contributed by atoms with van der Waals surface area (Å²) < 4.78 is 4.78. The molecule has 1 saturated heterocycles. The monoisotopic (exact) mass is 237 g/mol. The maximum absolute atomic E-state index is 10.9. The molecule has 0 aromatic carbocycles. The number of hydrogen-bond acceptors (Lipinski definition) is 7. The van der Waals surface area contributed by atoms with E-state index in [0.29, 0.717) is 0 Å². The molecular formula is C8H15NO7. The molecule has 0 bridgehead atoms. The van der Waals surface area contributed by atoms with Crippen LogP contribution in [0.3, 0.4) is 0 Å². The van der Waals surface area contributed by atoms with Crippen molar-refractivity contribution in [3.05, 3.63) is 0 Å². The summed E-state index contributed by atoms with van der Waals surface area (Å²) >= 11 is 0. The summed E-state index contributed by atoms with van der Waals surface area (Å²) in [5, 5.41) is 47.8. The van der Waals surface area contributed by atoms with Gasteiger partial charge < -0.3 is 35.6 Å². The van der Waals surface area contributed by atoms with E-state index in [9.17, 15) is 20.1 Å². The van der Waals surface area contributed by atoms with E-state index in [2.05, 4.69) is 5.32 Å². The zero-order valence-corrected chi connectivity index (χ0v) is 8.35. The summed E-state index contributed by atoms with van der Waals surface area (Å²) in [6.07, 6.45) is -5.60. The molecule has 0 spiro atoms. The summed E-state index contributed by atoms with van der Waals surface area (Å²) in [6, 6.07) is -1.25. The van der Waals surface area contributed by atoms with Crippen molar-refractivity contribution in [2.75, 3.05) is 13.2 Å². The Kier molecular flexibility index (Phi) is 4.59. The molecule has 1 amide bonds. The van der Waals surface area contributed by atoms with Gasteiger partial charge in [-0.3, -0.25) is 4.79 Å². The van der Waals surface area contributed by atoms with Gasteiger partial charge in [-0.15, -0.1) is 0 Å². The second-order valence-corrected chi connectivity index (χ2v) is 3.48. The van der Waals surface area contributed by atoms with Crippen LogP contribution in [0.5, 0.6) is 0 Å². The molecule has 1 fully saturated rings. The molecule has 5 atom stereocenters. The van der Waals surface area contributed by atoms with Crippen molar-refractivity contribution in [3.63, 3.8) is 0 Å². The van der Waals surface area contributed by atoms with E-state index in [-0.39, 0.29) is 0 Å². The standard InChI is InChI=1S/C8H15NO7/c10-1-3-6(13)7(14)5(8(15)16-3)9-4(12)2-11/h3,5-8,10-11,13-15H,1-2H2,(H,9,12)/t3-,5-,6-,7-,8-/m1/s1. The minimum Gasteiger partial charge on any atom is -0.394 e. The largest absolute Gasteiger partial charge is 0.394 e. The Morgan fingerprint density at radius 2 is 1.81 bits per heavy atom.